The quantitative estimate of drug-likeness (QED) is 0.241. The van der Waals surface area contributed by atoms with Crippen molar-refractivity contribution in [3.8, 4) is 0 Å². The molecule has 0 fully saturated rings. The minimum absolute atomic E-state index is 0.0241. The highest BCUT2D eigenvalue weighted by atomic mass is 32.1. The monoisotopic (exact) mass is 441 g/mol. The van der Waals surface area contributed by atoms with E-state index in [-0.39, 0.29) is 5.69 Å². The molecule has 160 valence electrons. The van der Waals surface area contributed by atoms with E-state index in [1.54, 1.807) is 37.4 Å². The Bertz CT molecular complexity index is 1220. The van der Waals surface area contributed by atoms with Gasteiger partial charge in [-0.05, 0) is 42.0 Å². The van der Waals surface area contributed by atoms with Crippen LogP contribution in [0.1, 0.15) is 15.9 Å². The lowest BCUT2D eigenvalue weighted by atomic mass is 10.2. The molecule has 0 N–H and O–H groups in total. The van der Waals surface area contributed by atoms with Gasteiger partial charge in [-0.2, -0.15) is 4.99 Å². The smallest absolute Gasteiger partial charge is 0.337 e. The number of carbonyl (C=O) groups excluding carboxylic acids is 2. The molecule has 0 saturated carbocycles. The van der Waals surface area contributed by atoms with Crippen molar-refractivity contribution >= 4 is 45.2 Å². The van der Waals surface area contributed by atoms with E-state index < -0.39 is 16.8 Å². The van der Waals surface area contributed by atoms with Crippen LogP contribution in [0.4, 0.5) is 5.69 Å². The van der Waals surface area contributed by atoms with Gasteiger partial charge in [-0.1, -0.05) is 11.3 Å². The van der Waals surface area contributed by atoms with E-state index in [0.29, 0.717) is 29.1 Å². The first-order valence-electron chi connectivity index (χ1n) is 9.15. The zero-order valence-electron chi connectivity index (χ0n) is 16.8. The summed E-state index contributed by atoms with van der Waals surface area (Å²) in [6.45, 7) is 0.900. The number of fused-ring (bicyclic) bond motifs is 1. The predicted molar refractivity (Wildman–Crippen MR) is 116 cm³/mol. The van der Waals surface area contributed by atoms with E-state index in [2.05, 4.69) is 4.99 Å². The molecule has 0 spiro atoms. The lowest BCUT2D eigenvalue weighted by molar-refractivity contribution is -0.384. The van der Waals surface area contributed by atoms with Gasteiger partial charge in [0.15, 0.2) is 4.80 Å². The van der Waals surface area contributed by atoms with E-state index in [4.69, 9.17) is 9.47 Å². The number of esters is 1. The van der Waals surface area contributed by atoms with Gasteiger partial charge >= 0.3 is 5.97 Å². The third-order valence-electron chi connectivity index (χ3n) is 4.35. The van der Waals surface area contributed by atoms with Crippen LogP contribution in [0, 0.1) is 10.1 Å². The van der Waals surface area contributed by atoms with Crippen molar-refractivity contribution in [2.75, 3.05) is 20.8 Å². The number of non-ortho nitro benzene ring substituents is 1. The highest BCUT2D eigenvalue weighted by Gasteiger charge is 2.12. The summed E-state index contributed by atoms with van der Waals surface area (Å²) < 4.78 is 12.5. The van der Waals surface area contributed by atoms with Crippen LogP contribution in [0.25, 0.3) is 16.3 Å². The molecule has 1 amide bonds. The molecule has 1 aromatic heterocycles. The molecule has 0 aliphatic heterocycles. The largest absolute Gasteiger partial charge is 0.465 e. The first-order chi connectivity index (χ1) is 14.9. The number of nitro benzene ring substituents is 1. The second-order valence-corrected chi connectivity index (χ2v) is 7.34. The number of thiazole rings is 1. The Kier molecular flexibility index (Phi) is 7.06. The molecule has 3 aromatic rings. The maximum absolute atomic E-state index is 12.4. The maximum Gasteiger partial charge on any atom is 0.337 e. The predicted octanol–water partition coefficient (Wildman–Crippen LogP) is 3.18. The minimum atomic E-state index is -0.486. The number of hydrogen-bond donors (Lipinski definition) is 0. The Balaban J connectivity index is 1.93. The summed E-state index contributed by atoms with van der Waals surface area (Å²) in [5.41, 5.74) is 1.84. The molecule has 31 heavy (non-hydrogen) atoms. The maximum atomic E-state index is 12.4. The van der Waals surface area contributed by atoms with E-state index in [9.17, 15) is 19.7 Å². The number of amides is 1. The van der Waals surface area contributed by atoms with Crippen LogP contribution in [-0.2, 0) is 20.8 Å². The molecule has 0 bridgehead atoms. The average molecular weight is 441 g/mol. The van der Waals surface area contributed by atoms with Crippen molar-refractivity contribution in [1.29, 1.82) is 0 Å². The van der Waals surface area contributed by atoms with Crippen molar-refractivity contribution in [3.63, 3.8) is 0 Å². The summed E-state index contributed by atoms with van der Waals surface area (Å²) in [6, 6.07) is 11.0. The molecule has 1 heterocycles. The fraction of sp³-hybridized carbons (Fsp3) is 0.190. The van der Waals surface area contributed by atoms with E-state index >= 15 is 0 Å². The standard InChI is InChI=1S/C21H19N3O6S/c1-29-12-11-23-17-9-6-15(20(26)30-2)13-18(17)31-21(23)22-19(25)10-5-14-3-7-16(8-4-14)24(27)28/h3-10,13H,11-12H2,1-2H3. The molecule has 0 saturated heterocycles. The van der Waals surface area contributed by atoms with Gasteiger partial charge in [-0.25, -0.2) is 4.79 Å². The molecule has 0 aliphatic carbocycles. The molecule has 0 unspecified atom stereocenters. The van der Waals surface area contributed by atoms with E-state index in [1.807, 2.05) is 4.57 Å². The van der Waals surface area contributed by atoms with Crippen molar-refractivity contribution in [2.45, 2.75) is 6.54 Å². The third-order valence-corrected chi connectivity index (χ3v) is 5.39. The fourth-order valence-electron chi connectivity index (χ4n) is 2.81. The highest BCUT2D eigenvalue weighted by Crippen LogP contribution is 2.20. The molecule has 2 aromatic carbocycles. The first-order valence-corrected chi connectivity index (χ1v) is 9.96. The number of ether oxygens (including phenoxy) is 2. The van der Waals surface area contributed by atoms with Crippen LogP contribution < -0.4 is 4.80 Å². The Morgan fingerprint density at radius 3 is 2.58 bits per heavy atom. The number of nitrogens with zero attached hydrogens (tertiary/aromatic N) is 3. The number of rotatable bonds is 7. The molecule has 0 atom stereocenters. The van der Waals surface area contributed by atoms with Crippen LogP contribution in [-0.4, -0.2) is 42.2 Å². The van der Waals surface area contributed by atoms with Crippen molar-refractivity contribution in [3.05, 3.63) is 74.6 Å². The van der Waals surface area contributed by atoms with Gasteiger partial charge in [0, 0.05) is 31.9 Å². The summed E-state index contributed by atoms with van der Waals surface area (Å²) in [4.78, 5) is 39.1. The number of carbonyl (C=O) groups is 2. The first kappa shape index (κ1) is 22.1. The molecule has 0 radical (unpaired) electrons. The van der Waals surface area contributed by atoms with Crippen molar-refractivity contribution in [1.82, 2.24) is 4.57 Å². The highest BCUT2D eigenvalue weighted by molar-refractivity contribution is 7.16. The van der Waals surface area contributed by atoms with Crippen LogP contribution in [0.2, 0.25) is 0 Å². The zero-order valence-corrected chi connectivity index (χ0v) is 17.6. The Hall–Kier alpha value is -3.63. The summed E-state index contributed by atoms with van der Waals surface area (Å²) in [7, 11) is 2.90. The minimum Gasteiger partial charge on any atom is -0.465 e. The van der Waals surface area contributed by atoms with Gasteiger partial charge in [-0.15, -0.1) is 0 Å². The Morgan fingerprint density at radius 1 is 1.19 bits per heavy atom. The van der Waals surface area contributed by atoms with Crippen LogP contribution >= 0.6 is 11.3 Å². The summed E-state index contributed by atoms with van der Waals surface area (Å²) >= 11 is 1.27. The van der Waals surface area contributed by atoms with Gasteiger partial charge in [0.1, 0.15) is 0 Å². The Labute approximate surface area is 181 Å². The summed E-state index contributed by atoms with van der Waals surface area (Å²) in [6.07, 6.45) is 2.84. The lowest BCUT2D eigenvalue weighted by Crippen LogP contribution is -2.18. The van der Waals surface area contributed by atoms with Gasteiger partial charge in [0.2, 0.25) is 0 Å². The van der Waals surface area contributed by atoms with Crippen LogP contribution in [0.3, 0.4) is 0 Å². The second-order valence-electron chi connectivity index (χ2n) is 6.34. The molecular weight excluding hydrogens is 422 g/mol. The number of benzene rings is 2. The van der Waals surface area contributed by atoms with Gasteiger partial charge < -0.3 is 14.0 Å². The molecule has 9 nitrogen and oxygen atoms in total. The third kappa shape index (κ3) is 5.30. The van der Waals surface area contributed by atoms with Crippen LogP contribution in [0.5, 0.6) is 0 Å². The van der Waals surface area contributed by atoms with Crippen molar-refractivity contribution in [2.24, 2.45) is 4.99 Å². The number of methoxy groups -OCH3 is 2. The lowest BCUT2D eigenvalue weighted by Gasteiger charge is -2.04. The Morgan fingerprint density at radius 2 is 1.94 bits per heavy atom. The van der Waals surface area contributed by atoms with Gasteiger partial charge in [-0.3, -0.25) is 14.9 Å². The molecule has 0 aliphatic rings. The number of hydrogen-bond acceptors (Lipinski definition) is 7. The molecular formula is C21H19N3O6S. The topological polar surface area (TPSA) is 113 Å². The number of aromatic nitrogens is 1. The van der Waals surface area contributed by atoms with Crippen molar-refractivity contribution < 1.29 is 24.0 Å². The van der Waals surface area contributed by atoms with E-state index in [1.165, 1.54) is 42.7 Å². The molecule has 3 rings (SSSR count). The number of nitro groups is 1. The van der Waals surface area contributed by atoms with Crippen LogP contribution in [0.15, 0.2) is 53.5 Å². The molecule has 10 heteroatoms. The SMILES string of the molecule is COCCn1c(=NC(=O)C=Cc2ccc([N+](=O)[O-])cc2)sc2cc(C(=O)OC)ccc21. The summed E-state index contributed by atoms with van der Waals surface area (Å²) in [5, 5.41) is 10.7. The van der Waals surface area contributed by atoms with Gasteiger partial charge in [0.05, 0.1) is 34.4 Å². The normalized spacial score (nSPS) is 11.9. The summed E-state index contributed by atoms with van der Waals surface area (Å²) in [5.74, 6) is -0.927. The zero-order chi connectivity index (χ0) is 22.4. The fourth-order valence-corrected chi connectivity index (χ4v) is 3.91. The van der Waals surface area contributed by atoms with E-state index in [0.717, 1.165) is 10.2 Å². The average Bonchev–Trinajstić information content (AvgIpc) is 3.11. The second kappa shape index (κ2) is 9.92. The van der Waals surface area contributed by atoms with Gasteiger partial charge in [0.25, 0.3) is 11.6 Å².